The summed E-state index contributed by atoms with van der Waals surface area (Å²) in [5.74, 6) is -0.135. The number of carbonyl (C=O) groups is 1. The quantitative estimate of drug-likeness (QED) is 0.935. The number of carbonyl (C=O) groups excluding carboxylic acids is 1. The number of hydrogen-bond acceptors (Lipinski definition) is 2. The molecule has 1 N–H and O–H groups in total. The fourth-order valence-corrected chi connectivity index (χ4v) is 2.10. The van der Waals surface area contributed by atoms with Crippen LogP contribution in [-0.2, 0) is 12.0 Å². The van der Waals surface area contributed by atoms with Crippen molar-refractivity contribution in [2.24, 2.45) is 0 Å². The molecule has 1 amide bonds. The van der Waals surface area contributed by atoms with Crippen LogP contribution in [0.5, 0.6) is 0 Å². The summed E-state index contributed by atoms with van der Waals surface area (Å²) in [7, 11) is 0. The lowest BCUT2D eigenvalue weighted by Gasteiger charge is -2.19. The highest BCUT2D eigenvalue weighted by Gasteiger charge is 2.13. The Morgan fingerprint density at radius 3 is 2.14 bits per heavy atom. The summed E-state index contributed by atoms with van der Waals surface area (Å²) in [6.45, 7) is 7.02. The lowest BCUT2D eigenvalue weighted by Crippen LogP contribution is -2.22. The Bertz CT molecular complexity index is 686. The van der Waals surface area contributed by atoms with E-state index in [2.05, 4.69) is 38.2 Å². The summed E-state index contributed by atoms with van der Waals surface area (Å²) in [5, 5.41) is 11.6. The van der Waals surface area contributed by atoms with Gasteiger partial charge in [-0.15, -0.1) is 0 Å². The normalized spacial score (nSPS) is 10.8. The van der Waals surface area contributed by atoms with Crippen molar-refractivity contribution >= 4 is 5.91 Å². The number of amides is 1. The number of benzene rings is 2. The summed E-state index contributed by atoms with van der Waals surface area (Å²) in [5.41, 5.74) is 3.58. The van der Waals surface area contributed by atoms with Crippen LogP contribution < -0.4 is 5.32 Å². The highest BCUT2D eigenvalue weighted by atomic mass is 16.1. The largest absolute Gasteiger partial charge is 0.348 e. The second-order valence-corrected chi connectivity index (χ2v) is 6.32. The molecular weight excluding hydrogens is 272 g/mol. The maximum Gasteiger partial charge on any atom is 0.251 e. The van der Waals surface area contributed by atoms with Crippen molar-refractivity contribution in [2.75, 3.05) is 0 Å². The smallest absolute Gasteiger partial charge is 0.251 e. The topological polar surface area (TPSA) is 52.9 Å². The van der Waals surface area contributed by atoms with Gasteiger partial charge in [0.25, 0.3) is 5.91 Å². The first-order chi connectivity index (χ1) is 10.4. The zero-order chi connectivity index (χ0) is 16.2. The molecule has 0 saturated heterocycles. The molecule has 0 aliphatic heterocycles. The van der Waals surface area contributed by atoms with Crippen LogP contribution in [0.3, 0.4) is 0 Å². The highest BCUT2D eigenvalue weighted by molar-refractivity contribution is 5.94. The number of nitriles is 1. The third kappa shape index (κ3) is 3.95. The van der Waals surface area contributed by atoms with Crippen LogP contribution in [0.4, 0.5) is 0 Å². The van der Waals surface area contributed by atoms with Gasteiger partial charge in [0.2, 0.25) is 0 Å². The van der Waals surface area contributed by atoms with Gasteiger partial charge in [0.15, 0.2) is 0 Å². The van der Waals surface area contributed by atoms with Crippen LogP contribution in [0.2, 0.25) is 0 Å². The average molecular weight is 292 g/mol. The number of hydrogen-bond donors (Lipinski definition) is 1. The minimum Gasteiger partial charge on any atom is -0.348 e. The van der Waals surface area contributed by atoms with Crippen molar-refractivity contribution in [1.82, 2.24) is 5.32 Å². The molecule has 0 aromatic heterocycles. The molecule has 0 atom stereocenters. The molecule has 0 aliphatic carbocycles. The zero-order valence-electron chi connectivity index (χ0n) is 13.2. The molecule has 0 spiro atoms. The molecule has 2 rings (SSSR count). The van der Waals surface area contributed by atoms with Gasteiger partial charge in [0.05, 0.1) is 11.6 Å². The lowest BCUT2D eigenvalue weighted by atomic mass is 9.87. The molecule has 3 heteroatoms. The Kier molecular flexibility index (Phi) is 4.62. The summed E-state index contributed by atoms with van der Waals surface area (Å²) < 4.78 is 0. The van der Waals surface area contributed by atoms with E-state index in [1.165, 1.54) is 5.56 Å². The van der Waals surface area contributed by atoms with Crippen molar-refractivity contribution in [1.29, 1.82) is 5.26 Å². The molecule has 22 heavy (non-hydrogen) atoms. The van der Waals surface area contributed by atoms with Gasteiger partial charge < -0.3 is 5.32 Å². The van der Waals surface area contributed by atoms with E-state index in [1.807, 2.05) is 18.2 Å². The Labute approximate surface area is 131 Å². The zero-order valence-corrected chi connectivity index (χ0v) is 13.2. The molecule has 0 unspecified atom stereocenters. The molecule has 0 saturated carbocycles. The van der Waals surface area contributed by atoms with E-state index < -0.39 is 0 Å². The molecule has 0 bridgehead atoms. The van der Waals surface area contributed by atoms with Crippen LogP contribution in [0.1, 0.15) is 47.8 Å². The van der Waals surface area contributed by atoms with Crippen LogP contribution >= 0.6 is 0 Å². The third-order valence-corrected chi connectivity index (χ3v) is 3.55. The maximum atomic E-state index is 12.0. The van der Waals surface area contributed by atoms with Gasteiger partial charge in [0.1, 0.15) is 0 Å². The van der Waals surface area contributed by atoms with Gasteiger partial charge in [-0.1, -0.05) is 45.0 Å². The van der Waals surface area contributed by atoms with Gasteiger partial charge in [-0.05, 0) is 40.8 Å². The second-order valence-electron chi connectivity index (χ2n) is 6.32. The fraction of sp³-hybridized carbons (Fsp3) is 0.263. The Hall–Kier alpha value is -2.60. The lowest BCUT2D eigenvalue weighted by molar-refractivity contribution is 0.0951. The predicted molar refractivity (Wildman–Crippen MR) is 87.5 cm³/mol. The van der Waals surface area contributed by atoms with Gasteiger partial charge >= 0.3 is 0 Å². The van der Waals surface area contributed by atoms with E-state index in [0.717, 1.165) is 5.56 Å². The van der Waals surface area contributed by atoms with Crippen molar-refractivity contribution in [3.05, 3.63) is 70.8 Å². The number of nitrogens with zero attached hydrogens (tertiary/aromatic N) is 1. The first kappa shape index (κ1) is 15.8. The fourth-order valence-electron chi connectivity index (χ4n) is 2.10. The molecule has 2 aromatic carbocycles. The maximum absolute atomic E-state index is 12.0. The van der Waals surface area contributed by atoms with E-state index in [-0.39, 0.29) is 11.3 Å². The monoisotopic (exact) mass is 292 g/mol. The van der Waals surface area contributed by atoms with E-state index in [4.69, 9.17) is 5.26 Å². The molecule has 0 heterocycles. The summed E-state index contributed by atoms with van der Waals surface area (Å²) >= 11 is 0. The summed E-state index contributed by atoms with van der Waals surface area (Å²) in [6, 6.07) is 16.9. The molecule has 112 valence electrons. The van der Waals surface area contributed by atoms with Crippen LogP contribution in [0.15, 0.2) is 48.5 Å². The number of nitrogens with one attached hydrogen (secondary N) is 1. The van der Waals surface area contributed by atoms with Crippen molar-refractivity contribution < 1.29 is 4.79 Å². The molecule has 0 aliphatic rings. The van der Waals surface area contributed by atoms with Gasteiger partial charge in [0, 0.05) is 12.1 Å². The predicted octanol–water partition coefficient (Wildman–Crippen LogP) is 3.79. The molecule has 2 aromatic rings. The summed E-state index contributed by atoms with van der Waals surface area (Å²) in [6.07, 6.45) is 0. The van der Waals surface area contributed by atoms with E-state index in [1.54, 1.807) is 24.3 Å². The molecule has 3 nitrogen and oxygen atoms in total. The van der Waals surface area contributed by atoms with Crippen LogP contribution in [0.25, 0.3) is 0 Å². The van der Waals surface area contributed by atoms with Gasteiger partial charge in [-0.25, -0.2) is 0 Å². The second kappa shape index (κ2) is 6.44. The number of rotatable bonds is 3. The van der Waals surface area contributed by atoms with Crippen LogP contribution in [-0.4, -0.2) is 5.91 Å². The van der Waals surface area contributed by atoms with Crippen molar-refractivity contribution in [3.63, 3.8) is 0 Å². The Balaban J connectivity index is 1.97. The highest BCUT2D eigenvalue weighted by Crippen LogP contribution is 2.22. The summed E-state index contributed by atoms with van der Waals surface area (Å²) in [4.78, 5) is 12.0. The molecular formula is C19H20N2O. The van der Waals surface area contributed by atoms with E-state index in [0.29, 0.717) is 17.7 Å². The van der Waals surface area contributed by atoms with Crippen molar-refractivity contribution in [3.8, 4) is 6.07 Å². The van der Waals surface area contributed by atoms with Gasteiger partial charge in [-0.3, -0.25) is 4.79 Å². The molecule has 0 fully saturated rings. The third-order valence-electron chi connectivity index (χ3n) is 3.55. The first-order valence-electron chi connectivity index (χ1n) is 7.28. The SMILES string of the molecule is CC(C)(C)c1ccc(CNC(=O)c2ccc(C#N)cc2)cc1. The Morgan fingerprint density at radius 1 is 1.05 bits per heavy atom. The molecule has 0 radical (unpaired) electrons. The standard InChI is InChI=1S/C19H20N2O/c1-19(2,3)17-10-6-15(7-11-17)13-21-18(22)16-8-4-14(12-20)5-9-16/h4-11H,13H2,1-3H3,(H,21,22). The minimum absolute atomic E-state index is 0.129. The average Bonchev–Trinajstić information content (AvgIpc) is 2.52. The minimum atomic E-state index is -0.135. The van der Waals surface area contributed by atoms with Crippen LogP contribution in [0, 0.1) is 11.3 Å². The first-order valence-corrected chi connectivity index (χ1v) is 7.28. The Morgan fingerprint density at radius 2 is 1.64 bits per heavy atom. The van der Waals surface area contributed by atoms with Crippen molar-refractivity contribution in [2.45, 2.75) is 32.7 Å². The van der Waals surface area contributed by atoms with E-state index in [9.17, 15) is 4.79 Å². The van der Waals surface area contributed by atoms with Gasteiger partial charge in [-0.2, -0.15) is 5.26 Å². The van der Waals surface area contributed by atoms with E-state index >= 15 is 0 Å².